The Labute approximate surface area is 186 Å². The van der Waals surface area contributed by atoms with Crippen molar-refractivity contribution in [2.45, 2.75) is 77.6 Å². The van der Waals surface area contributed by atoms with E-state index < -0.39 is 52.3 Å². The van der Waals surface area contributed by atoms with Gasteiger partial charge in [-0.15, -0.1) is 0 Å². The van der Waals surface area contributed by atoms with Gasteiger partial charge in [0.2, 0.25) is 0 Å². The molecule has 0 spiro atoms. The summed E-state index contributed by atoms with van der Waals surface area (Å²) in [5.74, 6) is -5.07. The van der Waals surface area contributed by atoms with E-state index in [0.717, 1.165) is 4.47 Å². The molecule has 0 radical (unpaired) electrons. The fourth-order valence-corrected chi connectivity index (χ4v) is 4.10. The Balaban J connectivity index is 2.62. The smallest absolute Gasteiger partial charge is 0.317 e. The molecule has 0 amide bonds. The molecule has 166 valence electrons. The number of ether oxygens (including phenoxy) is 2. The maximum absolute atomic E-state index is 13.2. The predicted octanol–water partition coefficient (Wildman–Crippen LogP) is 4.17. The highest BCUT2D eigenvalue weighted by molar-refractivity contribution is 9.10. The lowest BCUT2D eigenvalue weighted by Crippen LogP contribution is -2.56. The van der Waals surface area contributed by atoms with Crippen LogP contribution in [-0.2, 0) is 23.9 Å². The normalized spacial score (nSPS) is 27.5. The monoisotopic (exact) mass is 482 g/mol. The third kappa shape index (κ3) is 5.91. The summed E-state index contributed by atoms with van der Waals surface area (Å²) in [6.45, 7) is 11.8. The fourth-order valence-electron chi connectivity index (χ4n) is 3.83. The first kappa shape index (κ1) is 24.5. The zero-order valence-electron chi connectivity index (χ0n) is 18.6. The Morgan fingerprint density at radius 1 is 1.00 bits per heavy atom. The predicted molar refractivity (Wildman–Crippen MR) is 116 cm³/mol. The van der Waals surface area contributed by atoms with Gasteiger partial charge in [-0.05, 0) is 66.2 Å². The van der Waals surface area contributed by atoms with Crippen molar-refractivity contribution in [3.05, 3.63) is 34.3 Å². The zero-order valence-corrected chi connectivity index (χ0v) is 20.2. The highest BCUT2D eigenvalue weighted by atomic mass is 79.9. The molecule has 6 nitrogen and oxygen atoms in total. The third-order valence-electron chi connectivity index (χ3n) is 4.84. The number of ketones is 1. The summed E-state index contributed by atoms with van der Waals surface area (Å²) in [6.07, 6.45) is -0.339. The second-order valence-corrected chi connectivity index (χ2v) is 11.0. The third-order valence-corrected chi connectivity index (χ3v) is 5.37. The molecule has 7 heteroatoms. The maximum Gasteiger partial charge on any atom is 0.317 e. The van der Waals surface area contributed by atoms with Crippen LogP contribution in [0.25, 0.3) is 0 Å². The van der Waals surface area contributed by atoms with E-state index in [9.17, 15) is 19.5 Å². The molecule has 1 aromatic rings. The Hall–Kier alpha value is -1.73. The number of benzene rings is 1. The van der Waals surface area contributed by atoms with Gasteiger partial charge in [-0.25, -0.2) is 0 Å². The molecule has 0 heterocycles. The molecular weight excluding hydrogens is 452 g/mol. The molecule has 4 atom stereocenters. The van der Waals surface area contributed by atoms with Crippen LogP contribution in [0.3, 0.4) is 0 Å². The molecular formula is C23H31BrO6. The summed E-state index contributed by atoms with van der Waals surface area (Å²) in [5, 5.41) is 11.1. The van der Waals surface area contributed by atoms with Crippen LogP contribution in [0.5, 0.6) is 0 Å². The van der Waals surface area contributed by atoms with Crippen LogP contribution in [0.15, 0.2) is 28.7 Å². The molecule has 1 saturated carbocycles. The van der Waals surface area contributed by atoms with Gasteiger partial charge in [0.1, 0.15) is 17.1 Å². The Kier molecular flexibility index (Phi) is 6.89. The van der Waals surface area contributed by atoms with Crippen molar-refractivity contribution in [1.29, 1.82) is 0 Å². The van der Waals surface area contributed by atoms with Crippen LogP contribution in [0.4, 0.5) is 0 Å². The van der Waals surface area contributed by atoms with Crippen molar-refractivity contribution < 1.29 is 29.0 Å². The van der Waals surface area contributed by atoms with Gasteiger partial charge in [0.15, 0.2) is 5.78 Å². The Morgan fingerprint density at radius 3 is 1.93 bits per heavy atom. The fraction of sp³-hybridized carbons (Fsp3) is 0.609. The molecule has 1 aliphatic rings. The van der Waals surface area contributed by atoms with Crippen LogP contribution < -0.4 is 0 Å². The van der Waals surface area contributed by atoms with Crippen LogP contribution in [-0.4, -0.2) is 39.6 Å². The molecule has 1 aromatic carbocycles. The van der Waals surface area contributed by atoms with E-state index in [1.807, 2.05) is 0 Å². The van der Waals surface area contributed by atoms with E-state index in [1.54, 1.807) is 65.8 Å². The van der Waals surface area contributed by atoms with E-state index in [-0.39, 0.29) is 6.42 Å². The SMILES string of the molecule is CC(C)(C)OC(=O)[C@@H]1C(=O)C[C@](C)(O)[C@@H](C(=O)OC(C)(C)C)[C@@H]1c1ccc(Br)cc1. The first-order chi connectivity index (χ1) is 13.5. The van der Waals surface area contributed by atoms with Gasteiger partial charge in [0, 0.05) is 16.8 Å². The van der Waals surface area contributed by atoms with Gasteiger partial charge in [-0.2, -0.15) is 0 Å². The van der Waals surface area contributed by atoms with E-state index in [4.69, 9.17) is 9.47 Å². The quantitative estimate of drug-likeness (QED) is 0.513. The van der Waals surface area contributed by atoms with E-state index in [1.165, 1.54) is 6.92 Å². The number of esters is 2. The minimum atomic E-state index is -1.67. The molecule has 0 aliphatic heterocycles. The van der Waals surface area contributed by atoms with Crippen molar-refractivity contribution in [3.63, 3.8) is 0 Å². The van der Waals surface area contributed by atoms with Crippen molar-refractivity contribution in [1.82, 2.24) is 0 Å². The summed E-state index contributed by atoms with van der Waals surface area (Å²) in [7, 11) is 0. The molecule has 0 saturated heterocycles. The molecule has 30 heavy (non-hydrogen) atoms. The van der Waals surface area contributed by atoms with E-state index in [2.05, 4.69) is 15.9 Å². The van der Waals surface area contributed by atoms with Gasteiger partial charge < -0.3 is 14.6 Å². The van der Waals surface area contributed by atoms with Crippen molar-refractivity contribution in [3.8, 4) is 0 Å². The largest absolute Gasteiger partial charge is 0.460 e. The lowest BCUT2D eigenvalue weighted by molar-refractivity contribution is -0.182. The number of carbonyl (C=O) groups excluding carboxylic acids is 3. The average Bonchev–Trinajstić information content (AvgIpc) is 2.50. The van der Waals surface area contributed by atoms with Crippen LogP contribution in [0.1, 0.15) is 66.4 Å². The van der Waals surface area contributed by atoms with Gasteiger partial charge in [-0.3, -0.25) is 14.4 Å². The summed E-state index contributed by atoms with van der Waals surface area (Å²) in [5.41, 5.74) is -2.68. The van der Waals surface area contributed by atoms with Gasteiger partial charge in [-0.1, -0.05) is 28.1 Å². The minimum absolute atomic E-state index is 0.339. The summed E-state index contributed by atoms with van der Waals surface area (Å²) < 4.78 is 11.9. The molecule has 1 aliphatic carbocycles. The summed E-state index contributed by atoms with van der Waals surface area (Å²) in [6, 6.07) is 7.00. The van der Waals surface area contributed by atoms with Crippen molar-refractivity contribution >= 4 is 33.7 Å². The number of carbonyl (C=O) groups is 3. The van der Waals surface area contributed by atoms with Gasteiger partial charge in [0.05, 0.1) is 11.5 Å². The average molecular weight is 483 g/mol. The second-order valence-electron chi connectivity index (χ2n) is 10.1. The van der Waals surface area contributed by atoms with Crippen LogP contribution in [0.2, 0.25) is 0 Å². The molecule has 1 N–H and O–H groups in total. The lowest BCUT2D eigenvalue weighted by atomic mass is 9.61. The first-order valence-corrected chi connectivity index (χ1v) is 10.8. The number of aliphatic hydroxyl groups is 1. The maximum atomic E-state index is 13.2. The van der Waals surface area contributed by atoms with E-state index in [0.29, 0.717) is 5.56 Å². The summed E-state index contributed by atoms with van der Waals surface area (Å²) in [4.78, 5) is 39.3. The molecule has 1 fully saturated rings. The number of Topliss-reactive ketones (excluding diaryl/α,β-unsaturated/α-hetero) is 1. The topological polar surface area (TPSA) is 89.9 Å². The molecule has 2 rings (SSSR count). The highest BCUT2D eigenvalue weighted by Crippen LogP contribution is 2.47. The molecule has 0 aromatic heterocycles. The first-order valence-electron chi connectivity index (χ1n) is 9.98. The second kappa shape index (κ2) is 8.42. The number of rotatable bonds is 3. The lowest BCUT2D eigenvalue weighted by Gasteiger charge is -2.44. The van der Waals surface area contributed by atoms with Gasteiger partial charge in [0.25, 0.3) is 0 Å². The van der Waals surface area contributed by atoms with Crippen molar-refractivity contribution in [2.75, 3.05) is 0 Å². The van der Waals surface area contributed by atoms with Crippen LogP contribution in [0, 0.1) is 11.8 Å². The molecule has 0 bridgehead atoms. The number of hydrogen-bond donors (Lipinski definition) is 1. The number of hydrogen-bond acceptors (Lipinski definition) is 6. The highest BCUT2D eigenvalue weighted by Gasteiger charge is 2.57. The summed E-state index contributed by atoms with van der Waals surface area (Å²) >= 11 is 3.37. The van der Waals surface area contributed by atoms with E-state index >= 15 is 0 Å². The Bertz CT molecular complexity index is 814. The van der Waals surface area contributed by atoms with Crippen molar-refractivity contribution in [2.24, 2.45) is 11.8 Å². The standard InChI is InChI=1S/C23H31BrO6/c1-21(2,3)29-19(26)17-15(25)12-23(7,28)18(20(27)30-22(4,5)6)16(17)13-8-10-14(24)11-9-13/h8-11,16-18,28H,12H2,1-7H3/t16-,17-,18-,23+/m1/s1. The van der Waals surface area contributed by atoms with Gasteiger partial charge >= 0.3 is 11.9 Å². The number of halogens is 1. The zero-order chi connectivity index (χ0) is 23.1. The molecule has 0 unspecified atom stereocenters. The minimum Gasteiger partial charge on any atom is -0.460 e. The van der Waals surface area contributed by atoms with Crippen LogP contribution >= 0.6 is 15.9 Å². The Morgan fingerprint density at radius 2 is 1.47 bits per heavy atom.